The molecule has 1 unspecified atom stereocenters. The van der Waals surface area contributed by atoms with Crippen molar-refractivity contribution < 1.29 is 14.6 Å². The SMILES string of the molecule is COC(=O)C1(Nc2cccc(Cl)c2)CCC2(CC1)c1ccccc1CC2CC(C)(C)CO. The molecule has 0 aromatic heterocycles. The van der Waals surface area contributed by atoms with Crippen LogP contribution >= 0.6 is 11.6 Å². The van der Waals surface area contributed by atoms with Gasteiger partial charge in [-0.15, -0.1) is 0 Å². The molecule has 32 heavy (non-hydrogen) atoms. The number of hydrogen-bond acceptors (Lipinski definition) is 4. The Morgan fingerprint density at radius 1 is 1.16 bits per heavy atom. The van der Waals surface area contributed by atoms with Crippen LogP contribution in [-0.2, 0) is 21.4 Å². The van der Waals surface area contributed by atoms with Crippen molar-refractivity contribution in [2.75, 3.05) is 19.0 Å². The zero-order chi connectivity index (χ0) is 23.0. The lowest BCUT2D eigenvalue weighted by atomic mass is 9.58. The van der Waals surface area contributed by atoms with Crippen LogP contribution < -0.4 is 5.32 Å². The fourth-order valence-corrected chi connectivity index (χ4v) is 6.27. The molecule has 172 valence electrons. The van der Waals surface area contributed by atoms with Crippen LogP contribution in [-0.4, -0.2) is 30.3 Å². The Morgan fingerprint density at radius 2 is 1.88 bits per heavy atom. The Bertz CT molecular complexity index is 978. The summed E-state index contributed by atoms with van der Waals surface area (Å²) in [5.41, 5.74) is 2.81. The third-order valence-electron chi connectivity index (χ3n) is 7.81. The van der Waals surface area contributed by atoms with E-state index in [1.54, 1.807) is 0 Å². The minimum absolute atomic E-state index is 0.0244. The number of fused-ring (bicyclic) bond motifs is 2. The van der Waals surface area contributed by atoms with E-state index in [0.717, 1.165) is 31.4 Å². The number of aliphatic hydroxyl groups excluding tert-OH is 1. The molecule has 2 N–H and O–H groups in total. The highest BCUT2D eigenvalue weighted by Crippen LogP contribution is 2.57. The lowest BCUT2D eigenvalue weighted by Gasteiger charge is -2.48. The van der Waals surface area contributed by atoms with Crippen LogP contribution in [0.5, 0.6) is 0 Å². The van der Waals surface area contributed by atoms with Crippen molar-refractivity contribution in [3.8, 4) is 0 Å². The number of esters is 1. The first-order chi connectivity index (χ1) is 15.2. The molecule has 2 aromatic carbocycles. The molecule has 2 aliphatic rings. The molecule has 4 rings (SSSR count). The fourth-order valence-electron chi connectivity index (χ4n) is 6.08. The van der Waals surface area contributed by atoms with Gasteiger partial charge in [0.1, 0.15) is 5.54 Å². The normalized spacial score (nSPS) is 27.2. The lowest BCUT2D eigenvalue weighted by Crippen LogP contribution is -2.53. The quantitative estimate of drug-likeness (QED) is 0.544. The number of nitrogens with one attached hydrogen (secondary N) is 1. The van der Waals surface area contributed by atoms with Gasteiger partial charge in [0.05, 0.1) is 7.11 Å². The molecule has 1 saturated carbocycles. The molecule has 2 aromatic rings. The molecule has 4 nitrogen and oxygen atoms in total. The smallest absolute Gasteiger partial charge is 0.331 e. The lowest BCUT2D eigenvalue weighted by molar-refractivity contribution is -0.148. The first-order valence-electron chi connectivity index (χ1n) is 11.6. The number of benzene rings is 2. The van der Waals surface area contributed by atoms with Gasteiger partial charge in [-0.05, 0) is 84.6 Å². The minimum Gasteiger partial charge on any atom is -0.467 e. The second-order valence-corrected chi connectivity index (χ2v) is 10.9. The average molecular weight is 456 g/mol. The standard InChI is InChI=1S/C27H34ClNO3/c1-25(2,18-30)17-20-15-19-7-4-5-10-23(19)26(20)11-13-27(14-12-26,24(31)32-3)29-22-9-6-8-21(28)16-22/h4-10,16,20,29-30H,11-15,17-18H2,1-3H3. The number of aliphatic hydroxyl groups is 1. The average Bonchev–Trinajstić information content (AvgIpc) is 3.07. The van der Waals surface area contributed by atoms with Gasteiger partial charge in [0.2, 0.25) is 0 Å². The number of ether oxygens (including phenoxy) is 1. The fraction of sp³-hybridized carbons (Fsp3) is 0.519. The van der Waals surface area contributed by atoms with Crippen molar-refractivity contribution in [1.82, 2.24) is 0 Å². The highest BCUT2D eigenvalue weighted by atomic mass is 35.5. The summed E-state index contributed by atoms with van der Waals surface area (Å²) in [6.45, 7) is 4.47. The van der Waals surface area contributed by atoms with Crippen molar-refractivity contribution in [2.24, 2.45) is 11.3 Å². The maximum Gasteiger partial charge on any atom is 0.331 e. The molecule has 0 amide bonds. The van der Waals surface area contributed by atoms with Crippen molar-refractivity contribution in [3.05, 3.63) is 64.7 Å². The van der Waals surface area contributed by atoms with Gasteiger partial charge in [0, 0.05) is 17.3 Å². The molecular formula is C27H34ClNO3. The molecular weight excluding hydrogens is 422 g/mol. The Labute approximate surface area is 196 Å². The minimum atomic E-state index is -0.765. The number of halogens is 1. The van der Waals surface area contributed by atoms with E-state index >= 15 is 0 Å². The Kier molecular flexibility index (Phi) is 6.30. The zero-order valence-electron chi connectivity index (χ0n) is 19.3. The van der Waals surface area contributed by atoms with E-state index in [9.17, 15) is 9.90 Å². The highest BCUT2D eigenvalue weighted by Gasteiger charge is 2.54. The van der Waals surface area contributed by atoms with E-state index in [4.69, 9.17) is 16.3 Å². The van der Waals surface area contributed by atoms with Gasteiger partial charge in [-0.3, -0.25) is 0 Å². The van der Waals surface area contributed by atoms with Crippen LogP contribution in [0.4, 0.5) is 5.69 Å². The molecule has 0 aliphatic heterocycles. The molecule has 2 aliphatic carbocycles. The maximum absolute atomic E-state index is 13.0. The zero-order valence-corrected chi connectivity index (χ0v) is 20.0. The van der Waals surface area contributed by atoms with Crippen LogP contribution in [0, 0.1) is 11.3 Å². The van der Waals surface area contributed by atoms with Crippen molar-refractivity contribution >= 4 is 23.3 Å². The van der Waals surface area contributed by atoms with Crippen LogP contribution in [0.15, 0.2) is 48.5 Å². The molecule has 5 heteroatoms. The Hall–Kier alpha value is -2.04. The number of methoxy groups -OCH3 is 1. The van der Waals surface area contributed by atoms with Crippen molar-refractivity contribution in [2.45, 2.75) is 63.3 Å². The number of rotatable bonds is 6. The van der Waals surface area contributed by atoms with Gasteiger partial charge in [0.15, 0.2) is 0 Å². The van der Waals surface area contributed by atoms with Crippen molar-refractivity contribution in [3.63, 3.8) is 0 Å². The van der Waals surface area contributed by atoms with Gasteiger partial charge in [-0.2, -0.15) is 0 Å². The molecule has 1 spiro atoms. The van der Waals surface area contributed by atoms with Crippen LogP contribution in [0.25, 0.3) is 0 Å². The number of carbonyl (C=O) groups is 1. The predicted octanol–water partition coefficient (Wildman–Crippen LogP) is 5.76. The van der Waals surface area contributed by atoms with E-state index < -0.39 is 5.54 Å². The van der Waals surface area contributed by atoms with E-state index in [1.165, 1.54) is 18.2 Å². The number of anilines is 1. The molecule has 1 atom stereocenters. The maximum atomic E-state index is 13.0. The summed E-state index contributed by atoms with van der Waals surface area (Å²) in [7, 11) is 1.46. The predicted molar refractivity (Wildman–Crippen MR) is 129 cm³/mol. The first-order valence-corrected chi connectivity index (χ1v) is 11.9. The van der Waals surface area contributed by atoms with Crippen LogP contribution in [0.2, 0.25) is 5.02 Å². The van der Waals surface area contributed by atoms with E-state index in [-0.39, 0.29) is 23.4 Å². The van der Waals surface area contributed by atoms with Gasteiger partial charge >= 0.3 is 5.97 Å². The summed E-state index contributed by atoms with van der Waals surface area (Å²) in [5.74, 6) is 0.231. The van der Waals surface area contributed by atoms with E-state index in [1.807, 2.05) is 24.3 Å². The Balaban J connectivity index is 1.66. The van der Waals surface area contributed by atoms with Crippen LogP contribution in [0.3, 0.4) is 0 Å². The van der Waals surface area contributed by atoms with Gasteiger partial charge in [-0.1, -0.05) is 55.8 Å². The molecule has 0 radical (unpaired) electrons. The van der Waals surface area contributed by atoms with Crippen molar-refractivity contribution in [1.29, 1.82) is 0 Å². The molecule has 0 saturated heterocycles. The summed E-state index contributed by atoms with van der Waals surface area (Å²) >= 11 is 6.19. The highest BCUT2D eigenvalue weighted by molar-refractivity contribution is 6.30. The molecule has 0 heterocycles. The van der Waals surface area contributed by atoms with E-state index in [2.05, 4.69) is 43.4 Å². The topological polar surface area (TPSA) is 58.6 Å². The molecule has 0 bridgehead atoms. The summed E-state index contributed by atoms with van der Waals surface area (Å²) < 4.78 is 5.27. The second-order valence-electron chi connectivity index (χ2n) is 10.4. The summed E-state index contributed by atoms with van der Waals surface area (Å²) in [6, 6.07) is 16.3. The number of hydrogen-bond donors (Lipinski definition) is 2. The Morgan fingerprint density at radius 3 is 2.53 bits per heavy atom. The summed E-state index contributed by atoms with van der Waals surface area (Å²) in [4.78, 5) is 13.0. The van der Waals surface area contributed by atoms with Gasteiger partial charge in [-0.25, -0.2) is 4.79 Å². The third kappa shape index (κ3) is 4.15. The van der Waals surface area contributed by atoms with E-state index in [0.29, 0.717) is 23.8 Å². The third-order valence-corrected chi connectivity index (χ3v) is 8.04. The molecule has 1 fully saturated rings. The summed E-state index contributed by atoms with van der Waals surface area (Å²) in [5, 5.41) is 14.1. The summed E-state index contributed by atoms with van der Waals surface area (Å²) in [6.07, 6.45) is 5.18. The van der Waals surface area contributed by atoms with Crippen LogP contribution in [0.1, 0.15) is 57.1 Å². The van der Waals surface area contributed by atoms with Gasteiger partial charge in [0.25, 0.3) is 0 Å². The largest absolute Gasteiger partial charge is 0.467 e. The van der Waals surface area contributed by atoms with Gasteiger partial charge < -0.3 is 15.2 Å². The number of carbonyl (C=O) groups excluding carboxylic acids is 1. The first kappa shape index (κ1) is 23.1. The monoisotopic (exact) mass is 455 g/mol. The second kappa shape index (κ2) is 8.72.